The molecule has 3 heteroatoms. The van der Waals surface area contributed by atoms with Crippen molar-refractivity contribution in [2.45, 2.75) is 25.3 Å². The molecule has 0 aliphatic carbocycles. The lowest BCUT2D eigenvalue weighted by molar-refractivity contribution is 0.352. The summed E-state index contributed by atoms with van der Waals surface area (Å²) < 4.78 is 0. The maximum atomic E-state index is 4.46. The maximum absolute atomic E-state index is 4.46. The second-order valence-electron chi connectivity index (χ2n) is 5.23. The Balaban J connectivity index is 1.62. The summed E-state index contributed by atoms with van der Waals surface area (Å²) in [6, 6.07) is 11.3. The van der Waals surface area contributed by atoms with Gasteiger partial charge in [0, 0.05) is 18.2 Å². The first-order valence-electron chi connectivity index (χ1n) is 7.02. The Labute approximate surface area is 114 Å². The molecule has 1 aromatic carbocycles. The van der Waals surface area contributed by atoms with Crippen LogP contribution in [0.4, 0.5) is 0 Å². The molecule has 0 spiro atoms. The van der Waals surface area contributed by atoms with E-state index in [-0.39, 0.29) is 0 Å². The zero-order chi connectivity index (χ0) is 12.9. The third-order valence-electron chi connectivity index (χ3n) is 3.83. The average Bonchev–Trinajstić information content (AvgIpc) is 2.49. The predicted octanol–water partition coefficient (Wildman–Crippen LogP) is 2.27. The Morgan fingerprint density at radius 3 is 2.89 bits per heavy atom. The summed E-state index contributed by atoms with van der Waals surface area (Å²) in [6.07, 6.45) is 7.23. The summed E-state index contributed by atoms with van der Waals surface area (Å²) in [6.45, 7) is 3.04. The van der Waals surface area contributed by atoms with E-state index in [4.69, 9.17) is 0 Å². The van der Waals surface area contributed by atoms with Crippen molar-refractivity contribution in [3.05, 3.63) is 54.7 Å². The third kappa shape index (κ3) is 3.24. The number of piperidine rings is 1. The van der Waals surface area contributed by atoms with Gasteiger partial charge < -0.3 is 10.6 Å². The molecular formula is C16H20N3. The molecule has 2 atom stereocenters. The fourth-order valence-corrected chi connectivity index (χ4v) is 2.87. The number of aliphatic imine (C=N–C) groups is 1. The van der Waals surface area contributed by atoms with Crippen LogP contribution in [0.2, 0.25) is 0 Å². The number of benzene rings is 1. The Morgan fingerprint density at radius 2 is 2.11 bits per heavy atom. The third-order valence-corrected chi connectivity index (χ3v) is 3.83. The van der Waals surface area contributed by atoms with Crippen molar-refractivity contribution in [2.75, 3.05) is 6.54 Å². The fourth-order valence-electron chi connectivity index (χ4n) is 2.87. The van der Waals surface area contributed by atoms with Crippen LogP contribution in [0, 0.1) is 12.5 Å². The lowest BCUT2D eigenvalue weighted by Gasteiger charge is -2.31. The van der Waals surface area contributed by atoms with E-state index in [0.717, 1.165) is 25.2 Å². The molecule has 2 aliphatic heterocycles. The van der Waals surface area contributed by atoms with Crippen molar-refractivity contribution < 1.29 is 0 Å². The van der Waals surface area contributed by atoms with E-state index in [0.29, 0.717) is 12.0 Å². The standard InChI is InChI=1S/C16H20N3/c1-2-5-13(6-3-1)11-15-12-14(7-10-17-15)16-18-8-4-9-19-16/h1-6,8-9,14-15,17H,7,10-12H2,(H,18,19). The quantitative estimate of drug-likeness (QED) is 0.868. The van der Waals surface area contributed by atoms with Crippen molar-refractivity contribution in [1.82, 2.24) is 10.6 Å². The summed E-state index contributed by atoms with van der Waals surface area (Å²) in [5, 5.41) is 6.91. The van der Waals surface area contributed by atoms with Gasteiger partial charge in [0.15, 0.2) is 0 Å². The van der Waals surface area contributed by atoms with Gasteiger partial charge in [-0.1, -0.05) is 30.3 Å². The largest absolute Gasteiger partial charge is 0.365 e. The molecule has 2 N–H and O–H groups in total. The van der Waals surface area contributed by atoms with Crippen molar-refractivity contribution in [3.63, 3.8) is 0 Å². The number of amidine groups is 1. The average molecular weight is 254 g/mol. The van der Waals surface area contributed by atoms with Crippen LogP contribution in [0.25, 0.3) is 0 Å². The molecule has 0 aromatic heterocycles. The van der Waals surface area contributed by atoms with Crippen molar-refractivity contribution in [1.29, 1.82) is 0 Å². The highest BCUT2D eigenvalue weighted by atomic mass is 15.0. The molecule has 2 heterocycles. The summed E-state index contributed by atoms with van der Waals surface area (Å²) in [7, 11) is 0. The Kier molecular flexibility index (Phi) is 3.94. The molecule has 19 heavy (non-hydrogen) atoms. The molecule has 1 radical (unpaired) electrons. The van der Waals surface area contributed by atoms with Gasteiger partial charge in [0.1, 0.15) is 5.84 Å². The number of rotatable bonds is 3. The van der Waals surface area contributed by atoms with E-state index in [1.165, 1.54) is 12.0 Å². The molecule has 2 unspecified atom stereocenters. The van der Waals surface area contributed by atoms with Gasteiger partial charge in [-0.05, 0) is 37.4 Å². The summed E-state index contributed by atoms with van der Waals surface area (Å²) in [5.74, 6) is 1.68. The smallest absolute Gasteiger partial charge is 0.105 e. The maximum Gasteiger partial charge on any atom is 0.105 e. The zero-order valence-electron chi connectivity index (χ0n) is 11.0. The van der Waals surface area contributed by atoms with Crippen LogP contribution in [-0.4, -0.2) is 18.4 Å². The second kappa shape index (κ2) is 6.02. The van der Waals surface area contributed by atoms with Crippen LogP contribution >= 0.6 is 0 Å². The second-order valence-corrected chi connectivity index (χ2v) is 5.23. The van der Waals surface area contributed by atoms with Gasteiger partial charge in [-0.15, -0.1) is 0 Å². The molecule has 99 valence electrons. The van der Waals surface area contributed by atoms with Crippen LogP contribution in [0.5, 0.6) is 0 Å². The molecule has 2 aliphatic rings. The van der Waals surface area contributed by atoms with E-state index >= 15 is 0 Å². The summed E-state index contributed by atoms with van der Waals surface area (Å²) in [4.78, 5) is 4.46. The Hall–Kier alpha value is -1.61. The van der Waals surface area contributed by atoms with Crippen molar-refractivity contribution >= 4 is 5.84 Å². The molecule has 0 bridgehead atoms. The highest BCUT2D eigenvalue weighted by Crippen LogP contribution is 2.21. The van der Waals surface area contributed by atoms with Crippen LogP contribution in [0.3, 0.4) is 0 Å². The normalized spacial score (nSPS) is 26.6. The molecule has 3 rings (SSSR count). The minimum atomic E-state index is 0.552. The molecule has 0 saturated carbocycles. The van der Waals surface area contributed by atoms with Crippen LogP contribution in [0.1, 0.15) is 18.4 Å². The van der Waals surface area contributed by atoms with E-state index in [9.17, 15) is 0 Å². The van der Waals surface area contributed by atoms with Gasteiger partial charge in [-0.25, -0.2) is 4.99 Å². The molecular weight excluding hydrogens is 234 g/mol. The topological polar surface area (TPSA) is 36.4 Å². The highest BCUT2D eigenvalue weighted by molar-refractivity contribution is 5.86. The minimum absolute atomic E-state index is 0.552. The van der Waals surface area contributed by atoms with Gasteiger partial charge in [0.2, 0.25) is 0 Å². The zero-order valence-corrected chi connectivity index (χ0v) is 11.0. The van der Waals surface area contributed by atoms with Gasteiger partial charge in [0.05, 0.1) is 6.54 Å². The Morgan fingerprint density at radius 1 is 1.21 bits per heavy atom. The molecule has 1 saturated heterocycles. The van der Waals surface area contributed by atoms with E-state index in [1.54, 1.807) is 0 Å². The van der Waals surface area contributed by atoms with Gasteiger partial charge in [-0.3, -0.25) is 0 Å². The van der Waals surface area contributed by atoms with Crippen LogP contribution < -0.4 is 10.6 Å². The number of nitrogens with zero attached hydrogens (tertiary/aromatic N) is 1. The van der Waals surface area contributed by atoms with Crippen LogP contribution in [0.15, 0.2) is 47.6 Å². The van der Waals surface area contributed by atoms with Gasteiger partial charge in [0.25, 0.3) is 0 Å². The lowest BCUT2D eigenvalue weighted by Crippen LogP contribution is -2.44. The first-order chi connectivity index (χ1) is 9.42. The molecule has 3 nitrogen and oxygen atoms in total. The number of hydrogen-bond acceptors (Lipinski definition) is 3. The predicted molar refractivity (Wildman–Crippen MR) is 78.7 cm³/mol. The lowest BCUT2D eigenvalue weighted by atomic mass is 9.88. The van der Waals surface area contributed by atoms with Crippen LogP contribution in [-0.2, 0) is 6.42 Å². The molecule has 1 fully saturated rings. The van der Waals surface area contributed by atoms with Crippen molar-refractivity contribution in [3.8, 4) is 0 Å². The highest BCUT2D eigenvalue weighted by Gasteiger charge is 2.25. The summed E-state index contributed by atoms with van der Waals surface area (Å²) >= 11 is 0. The number of hydrogen-bond donors (Lipinski definition) is 2. The fraction of sp³-hybridized carbons (Fsp3) is 0.375. The van der Waals surface area contributed by atoms with Gasteiger partial charge >= 0.3 is 0 Å². The molecule has 0 amide bonds. The van der Waals surface area contributed by atoms with Gasteiger partial charge in [-0.2, -0.15) is 0 Å². The minimum Gasteiger partial charge on any atom is -0.365 e. The SMILES string of the molecule is [CH]1C=CN=C(C2CCNC(Cc3ccccc3)C2)N1. The van der Waals surface area contributed by atoms with E-state index in [1.807, 2.05) is 18.8 Å². The monoisotopic (exact) mass is 254 g/mol. The Bertz CT molecular complexity index is 464. The van der Waals surface area contributed by atoms with E-state index in [2.05, 4.69) is 46.0 Å². The first kappa shape index (κ1) is 12.4. The van der Waals surface area contributed by atoms with Crippen molar-refractivity contribution in [2.24, 2.45) is 10.9 Å². The molecule has 1 aromatic rings. The van der Waals surface area contributed by atoms with E-state index < -0.39 is 0 Å². The summed E-state index contributed by atoms with van der Waals surface area (Å²) in [5.41, 5.74) is 1.41. The number of nitrogens with one attached hydrogen (secondary N) is 2. The first-order valence-corrected chi connectivity index (χ1v) is 7.02.